The predicted molar refractivity (Wildman–Crippen MR) is 167 cm³/mol. The minimum absolute atomic E-state index is 0.145. The van der Waals surface area contributed by atoms with E-state index >= 15 is 0 Å². The van der Waals surface area contributed by atoms with Crippen molar-refractivity contribution in [3.8, 4) is 0 Å². The number of nitrogens with one attached hydrogen (secondary N) is 5. The van der Waals surface area contributed by atoms with Gasteiger partial charge in [0, 0.05) is 24.9 Å². The summed E-state index contributed by atoms with van der Waals surface area (Å²) in [6.45, 7) is 15.3. The Hall–Kier alpha value is -4.47. The Morgan fingerprint density at radius 2 is 1.31 bits per heavy atom. The molecule has 10 heteroatoms. The van der Waals surface area contributed by atoms with Crippen LogP contribution < -0.4 is 26.6 Å². The number of amides is 4. The zero-order valence-electron chi connectivity index (χ0n) is 25.9. The van der Waals surface area contributed by atoms with E-state index in [0.29, 0.717) is 5.56 Å². The molecule has 0 aliphatic heterocycles. The summed E-state index contributed by atoms with van der Waals surface area (Å²) >= 11 is 0. The van der Waals surface area contributed by atoms with Crippen LogP contribution in [-0.2, 0) is 25.7 Å². The molecule has 10 nitrogen and oxygen atoms in total. The first-order valence-electron chi connectivity index (χ1n) is 14.0. The molecule has 2 aromatic rings. The molecule has 0 radical (unpaired) electrons. The van der Waals surface area contributed by atoms with E-state index in [4.69, 9.17) is 0 Å². The maximum atomic E-state index is 12.1. The molecule has 0 aliphatic carbocycles. The van der Waals surface area contributed by atoms with Gasteiger partial charge in [-0.2, -0.15) is 0 Å². The van der Waals surface area contributed by atoms with Gasteiger partial charge < -0.3 is 26.6 Å². The van der Waals surface area contributed by atoms with Crippen molar-refractivity contribution in [3.05, 3.63) is 77.9 Å². The van der Waals surface area contributed by atoms with Crippen LogP contribution in [0.3, 0.4) is 0 Å². The summed E-state index contributed by atoms with van der Waals surface area (Å²) in [4.78, 5) is 60.1. The van der Waals surface area contributed by atoms with Crippen molar-refractivity contribution in [2.24, 2.45) is 5.92 Å². The summed E-state index contributed by atoms with van der Waals surface area (Å²) in [6.07, 6.45) is 1.25. The Balaban J connectivity index is 0.00000216. The molecule has 0 saturated heterocycles. The Kier molecular flexibility index (Phi) is 19.0. The van der Waals surface area contributed by atoms with Gasteiger partial charge in [0.1, 0.15) is 6.04 Å². The minimum Gasteiger partial charge on any atom is -0.388 e. The molecule has 0 unspecified atom stereocenters. The smallest absolute Gasteiger partial charge is 0.289 e. The van der Waals surface area contributed by atoms with E-state index in [1.807, 2.05) is 12.1 Å². The lowest BCUT2D eigenvalue weighted by Crippen LogP contribution is -2.49. The van der Waals surface area contributed by atoms with Gasteiger partial charge >= 0.3 is 0 Å². The molecule has 0 saturated carbocycles. The molecular weight excluding hydrogens is 534 g/mol. The molecule has 42 heavy (non-hydrogen) atoms. The largest absolute Gasteiger partial charge is 0.388 e. The highest BCUT2D eigenvalue weighted by Crippen LogP contribution is 2.10. The number of hydrogen-bond acceptors (Lipinski definition) is 6. The maximum absolute atomic E-state index is 12.1. The number of carbonyl (C=O) groups is 5. The summed E-state index contributed by atoms with van der Waals surface area (Å²) in [7, 11) is 1.77. The van der Waals surface area contributed by atoms with E-state index in [-0.39, 0.29) is 13.1 Å². The minimum atomic E-state index is -0.974. The molecule has 0 fully saturated rings. The number of benzene rings is 2. The van der Waals surface area contributed by atoms with Crippen molar-refractivity contribution >= 4 is 35.1 Å². The van der Waals surface area contributed by atoms with Gasteiger partial charge in [0.2, 0.25) is 17.6 Å². The lowest BCUT2D eigenvalue weighted by Gasteiger charge is -2.14. The van der Waals surface area contributed by atoms with Gasteiger partial charge in [-0.05, 0) is 36.1 Å². The average Bonchev–Trinajstić information content (AvgIpc) is 2.97. The fourth-order valence-corrected chi connectivity index (χ4v) is 2.86. The van der Waals surface area contributed by atoms with Crippen molar-refractivity contribution in [1.82, 2.24) is 26.6 Å². The van der Waals surface area contributed by atoms with Crippen LogP contribution in [-0.4, -0.2) is 55.6 Å². The van der Waals surface area contributed by atoms with Crippen LogP contribution in [0.1, 0.15) is 69.4 Å². The van der Waals surface area contributed by atoms with Gasteiger partial charge in [-0.3, -0.25) is 24.0 Å². The highest BCUT2D eigenvalue weighted by Gasteiger charge is 2.19. The zero-order valence-corrected chi connectivity index (χ0v) is 25.9. The maximum Gasteiger partial charge on any atom is 0.289 e. The second-order valence-electron chi connectivity index (χ2n) is 10.0. The molecule has 4 amide bonds. The third kappa shape index (κ3) is 16.6. The average molecular weight is 582 g/mol. The molecule has 2 aromatic carbocycles. The molecule has 0 aliphatic rings. The molecular formula is C32H47N5O5. The fraction of sp³-hybridized carbons (Fsp3) is 0.406. The summed E-state index contributed by atoms with van der Waals surface area (Å²) in [5, 5.41) is 12.6. The standard InChI is InChI=1S/C25H29N5O5.C4H10.C3H8/c1-16(26-3)19-11-9-18(10-12-19)13-27-25(35)21(31)14-28-23(33)17(2)30-22(32)15-29-24(34)20-7-5-4-6-8-20;1-4(2)3;1-3-2/h4-12,17,26H,1,13-15H2,2-3H3,(H,27,35)(H,28,33)(H,29,34)(H,30,32);4H,1-3H3;3H2,1-2H3/t17-;;/m0../s1. The molecule has 0 bridgehead atoms. The van der Waals surface area contributed by atoms with Gasteiger partial charge in [-0.1, -0.05) is 90.1 Å². The molecule has 1 atom stereocenters. The van der Waals surface area contributed by atoms with Crippen molar-refractivity contribution in [1.29, 1.82) is 0 Å². The van der Waals surface area contributed by atoms with Gasteiger partial charge in [-0.15, -0.1) is 0 Å². The van der Waals surface area contributed by atoms with Gasteiger partial charge in [0.25, 0.3) is 11.8 Å². The normalized spacial score (nSPS) is 10.4. The van der Waals surface area contributed by atoms with Gasteiger partial charge in [0.15, 0.2) is 0 Å². The monoisotopic (exact) mass is 581 g/mol. The first-order valence-corrected chi connectivity index (χ1v) is 14.0. The SMILES string of the molecule is C=C(NC)c1ccc(CNC(=O)C(=O)CNC(=O)[C@H](C)NC(=O)CNC(=O)c2ccccc2)cc1.CC(C)C.CCC. The first kappa shape index (κ1) is 37.5. The predicted octanol–water partition coefficient (Wildman–Crippen LogP) is 3.19. The number of carbonyl (C=O) groups excluding carboxylic acids is 5. The Bertz CT molecular complexity index is 1140. The fourth-order valence-electron chi connectivity index (χ4n) is 2.86. The molecule has 5 N–H and O–H groups in total. The molecule has 0 spiro atoms. The molecule has 230 valence electrons. The molecule has 0 heterocycles. The van der Waals surface area contributed by atoms with Crippen LogP contribution in [0.15, 0.2) is 61.2 Å². The number of rotatable bonds is 12. The van der Waals surface area contributed by atoms with E-state index in [9.17, 15) is 24.0 Å². The summed E-state index contributed by atoms with van der Waals surface area (Å²) < 4.78 is 0. The van der Waals surface area contributed by atoms with Crippen molar-refractivity contribution in [3.63, 3.8) is 0 Å². The number of hydrogen-bond donors (Lipinski definition) is 5. The third-order valence-corrected chi connectivity index (χ3v) is 4.95. The second kappa shape index (κ2) is 21.3. The highest BCUT2D eigenvalue weighted by molar-refractivity contribution is 6.37. The number of ketones is 1. The Morgan fingerprint density at radius 3 is 1.83 bits per heavy atom. The van der Waals surface area contributed by atoms with Crippen LogP contribution in [0.4, 0.5) is 0 Å². The van der Waals surface area contributed by atoms with E-state index in [1.54, 1.807) is 49.5 Å². The third-order valence-electron chi connectivity index (χ3n) is 4.95. The number of Topliss-reactive ketones (excluding diaryl/α,β-unsaturated/α-hetero) is 1. The second-order valence-corrected chi connectivity index (χ2v) is 10.0. The van der Waals surface area contributed by atoms with E-state index in [1.165, 1.54) is 13.3 Å². The van der Waals surface area contributed by atoms with E-state index in [2.05, 4.69) is 67.8 Å². The van der Waals surface area contributed by atoms with Crippen LogP contribution in [0.2, 0.25) is 0 Å². The van der Waals surface area contributed by atoms with Crippen LogP contribution in [0.5, 0.6) is 0 Å². The summed E-state index contributed by atoms with van der Waals surface area (Å²) in [6, 6.07) is 14.7. The summed E-state index contributed by atoms with van der Waals surface area (Å²) in [5.74, 6) is -2.48. The van der Waals surface area contributed by atoms with Crippen molar-refractivity contribution in [2.45, 2.75) is 60.5 Å². The lowest BCUT2D eigenvalue weighted by molar-refractivity contribution is -0.138. The van der Waals surface area contributed by atoms with Crippen LogP contribution >= 0.6 is 0 Å². The zero-order chi connectivity index (χ0) is 32.1. The first-order chi connectivity index (χ1) is 19.9. The van der Waals surface area contributed by atoms with Gasteiger partial charge in [0.05, 0.1) is 13.1 Å². The quantitative estimate of drug-likeness (QED) is 0.244. The lowest BCUT2D eigenvalue weighted by atomic mass is 10.1. The van der Waals surface area contributed by atoms with Crippen molar-refractivity contribution < 1.29 is 24.0 Å². The van der Waals surface area contributed by atoms with Gasteiger partial charge in [-0.25, -0.2) is 0 Å². The van der Waals surface area contributed by atoms with Crippen LogP contribution in [0, 0.1) is 5.92 Å². The molecule has 0 aromatic heterocycles. The van der Waals surface area contributed by atoms with E-state index in [0.717, 1.165) is 22.7 Å². The van der Waals surface area contributed by atoms with Crippen LogP contribution in [0.25, 0.3) is 5.70 Å². The topological polar surface area (TPSA) is 145 Å². The molecule has 2 rings (SSSR count). The Morgan fingerprint density at radius 1 is 0.762 bits per heavy atom. The van der Waals surface area contributed by atoms with E-state index < -0.39 is 42.0 Å². The summed E-state index contributed by atoms with van der Waals surface area (Å²) in [5.41, 5.74) is 2.85. The Labute approximate surface area is 250 Å². The van der Waals surface area contributed by atoms with Crippen molar-refractivity contribution in [2.75, 3.05) is 20.1 Å². The highest BCUT2D eigenvalue weighted by atomic mass is 16.2.